The van der Waals surface area contributed by atoms with Gasteiger partial charge in [-0.05, 0) is 63.5 Å². The number of aryl methyl sites for hydroxylation is 1. The molecule has 0 radical (unpaired) electrons. The van der Waals surface area contributed by atoms with Crippen molar-refractivity contribution in [2.75, 3.05) is 11.9 Å². The fourth-order valence-corrected chi connectivity index (χ4v) is 2.91. The predicted molar refractivity (Wildman–Crippen MR) is 97.0 cm³/mol. The summed E-state index contributed by atoms with van der Waals surface area (Å²) >= 11 is 3.44. The number of anilines is 1. The first kappa shape index (κ1) is 15.6. The molecule has 3 nitrogen and oxygen atoms in total. The lowest BCUT2D eigenvalue weighted by molar-refractivity contribution is -0.118. The zero-order valence-electron chi connectivity index (χ0n) is 12.7. The van der Waals surface area contributed by atoms with Crippen LogP contribution in [0.15, 0.2) is 65.1 Å². The lowest BCUT2D eigenvalue weighted by Crippen LogP contribution is -2.20. The van der Waals surface area contributed by atoms with E-state index in [9.17, 15) is 4.79 Å². The monoisotopic (exact) mass is 369 g/mol. The van der Waals surface area contributed by atoms with Crippen molar-refractivity contribution in [2.24, 2.45) is 0 Å². The van der Waals surface area contributed by atoms with Gasteiger partial charge in [0.1, 0.15) is 5.75 Å². The first-order valence-electron chi connectivity index (χ1n) is 7.29. The zero-order valence-corrected chi connectivity index (χ0v) is 14.3. The number of benzene rings is 3. The molecular formula is C19H16BrNO2. The van der Waals surface area contributed by atoms with Crippen LogP contribution in [0, 0.1) is 6.92 Å². The van der Waals surface area contributed by atoms with Crippen LogP contribution in [-0.4, -0.2) is 12.5 Å². The molecule has 3 rings (SSSR count). The molecule has 0 fully saturated rings. The number of halogens is 1. The molecule has 0 aliphatic rings. The summed E-state index contributed by atoms with van der Waals surface area (Å²) in [6.45, 7) is 1.97. The molecule has 0 spiro atoms. The van der Waals surface area contributed by atoms with Gasteiger partial charge in [-0.25, -0.2) is 0 Å². The average Bonchev–Trinajstić information content (AvgIpc) is 2.55. The van der Waals surface area contributed by atoms with E-state index in [1.165, 1.54) is 0 Å². The molecule has 0 aliphatic carbocycles. The van der Waals surface area contributed by atoms with E-state index in [2.05, 4.69) is 21.2 Å². The second-order valence-electron chi connectivity index (χ2n) is 5.33. The number of rotatable bonds is 4. The lowest BCUT2D eigenvalue weighted by atomic mass is 10.1. The van der Waals surface area contributed by atoms with E-state index in [1.54, 1.807) is 0 Å². The van der Waals surface area contributed by atoms with E-state index in [1.807, 2.05) is 67.6 Å². The van der Waals surface area contributed by atoms with Gasteiger partial charge in [0.15, 0.2) is 6.61 Å². The summed E-state index contributed by atoms with van der Waals surface area (Å²) in [6, 6.07) is 19.6. The topological polar surface area (TPSA) is 38.3 Å². The first-order valence-corrected chi connectivity index (χ1v) is 8.09. The summed E-state index contributed by atoms with van der Waals surface area (Å²) in [5.41, 5.74) is 1.87. The Hall–Kier alpha value is -2.33. The van der Waals surface area contributed by atoms with Gasteiger partial charge < -0.3 is 10.1 Å². The fourth-order valence-electron chi connectivity index (χ4n) is 2.31. The number of carbonyl (C=O) groups is 1. The van der Waals surface area contributed by atoms with Crippen LogP contribution in [0.1, 0.15) is 5.56 Å². The van der Waals surface area contributed by atoms with Crippen molar-refractivity contribution in [3.63, 3.8) is 0 Å². The van der Waals surface area contributed by atoms with Gasteiger partial charge in [-0.2, -0.15) is 0 Å². The molecule has 1 N–H and O–H groups in total. The molecule has 4 heteroatoms. The van der Waals surface area contributed by atoms with E-state index in [4.69, 9.17) is 4.74 Å². The summed E-state index contributed by atoms with van der Waals surface area (Å²) < 4.78 is 6.44. The minimum atomic E-state index is -0.192. The Balaban J connectivity index is 1.63. The second kappa shape index (κ2) is 6.84. The summed E-state index contributed by atoms with van der Waals surface area (Å²) in [6.07, 6.45) is 0. The van der Waals surface area contributed by atoms with Crippen LogP contribution in [0.2, 0.25) is 0 Å². The van der Waals surface area contributed by atoms with Crippen molar-refractivity contribution < 1.29 is 9.53 Å². The SMILES string of the molecule is Cc1ccc(NC(=O)COc2ccc3ccccc3c2)c(Br)c1. The molecule has 0 aliphatic heterocycles. The number of fused-ring (bicyclic) bond motifs is 1. The number of hydrogen-bond acceptors (Lipinski definition) is 2. The van der Waals surface area contributed by atoms with Gasteiger partial charge in [-0.3, -0.25) is 4.79 Å². The van der Waals surface area contributed by atoms with Crippen molar-refractivity contribution >= 4 is 38.3 Å². The lowest BCUT2D eigenvalue weighted by Gasteiger charge is -2.10. The minimum Gasteiger partial charge on any atom is -0.484 e. The van der Waals surface area contributed by atoms with E-state index in [0.29, 0.717) is 5.75 Å². The summed E-state index contributed by atoms with van der Waals surface area (Å²) in [7, 11) is 0. The molecular weight excluding hydrogens is 354 g/mol. The Labute approximate surface area is 143 Å². The minimum absolute atomic E-state index is 0.0291. The van der Waals surface area contributed by atoms with Gasteiger partial charge in [0.25, 0.3) is 5.91 Å². The normalized spacial score (nSPS) is 10.5. The van der Waals surface area contributed by atoms with Crippen LogP contribution in [0.4, 0.5) is 5.69 Å². The number of hydrogen-bond donors (Lipinski definition) is 1. The largest absolute Gasteiger partial charge is 0.484 e. The number of amides is 1. The molecule has 1 amide bonds. The van der Waals surface area contributed by atoms with E-state index < -0.39 is 0 Å². The molecule has 0 bridgehead atoms. The summed E-state index contributed by atoms with van der Waals surface area (Å²) in [5.74, 6) is 0.490. The highest BCUT2D eigenvalue weighted by Crippen LogP contribution is 2.24. The second-order valence-corrected chi connectivity index (χ2v) is 6.18. The molecule has 116 valence electrons. The van der Waals surface area contributed by atoms with Gasteiger partial charge in [0.2, 0.25) is 0 Å². The molecule has 0 saturated heterocycles. The van der Waals surface area contributed by atoms with Crippen molar-refractivity contribution in [1.82, 2.24) is 0 Å². The van der Waals surface area contributed by atoms with Crippen LogP contribution in [0.3, 0.4) is 0 Å². The maximum atomic E-state index is 12.0. The Kier molecular flexibility index (Phi) is 4.63. The highest BCUT2D eigenvalue weighted by Gasteiger charge is 2.07. The standard InChI is InChI=1S/C19H16BrNO2/c1-13-6-9-18(17(20)10-13)21-19(22)12-23-16-8-7-14-4-2-3-5-15(14)11-16/h2-11H,12H2,1H3,(H,21,22). The molecule has 0 heterocycles. The highest BCUT2D eigenvalue weighted by molar-refractivity contribution is 9.10. The van der Waals surface area contributed by atoms with Gasteiger partial charge in [0, 0.05) is 4.47 Å². The van der Waals surface area contributed by atoms with Gasteiger partial charge in [-0.15, -0.1) is 0 Å². The summed E-state index contributed by atoms with van der Waals surface area (Å²) in [5, 5.41) is 5.07. The van der Waals surface area contributed by atoms with Crippen molar-refractivity contribution in [2.45, 2.75) is 6.92 Å². The van der Waals surface area contributed by atoms with Gasteiger partial charge >= 0.3 is 0 Å². The number of nitrogens with one attached hydrogen (secondary N) is 1. The predicted octanol–water partition coefficient (Wildman–Crippen LogP) is 4.93. The Morgan fingerprint density at radius 3 is 2.61 bits per heavy atom. The quantitative estimate of drug-likeness (QED) is 0.707. The maximum Gasteiger partial charge on any atom is 0.262 e. The molecule has 0 saturated carbocycles. The van der Waals surface area contributed by atoms with Crippen LogP contribution >= 0.6 is 15.9 Å². The van der Waals surface area contributed by atoms with E-state index >= 15 is 0 Å². The van der Waals surface area contributed by atoms with Crippen molar-refractivity contribution in [3.8, 4) is 5.75 Å². The Morgan fingerprint density at radius 1 is 1.04 bits per heavy atom. The molecule has 0 atom stereocenters. The average molecular weight is 370 g/mol. The molecule has 0 unspecified atom stereocenters. The third-order valence-electron chi connectivity index (χ3n) is 3.49. The molecule has 0 aromatic heterocycles. The van der Waals surface area contributed by atoms with Gasteiger partial charge in [0.05, 0.1) is 5.69 Å². The maximum absolute atomic E-state index is 12.0. The Bertz CT molecular complexity index is 861. The first-order chi connectivity index (χ1) is 11.1. The van der Waals surface area contributed by atoms with E-state index in [-0.39, 0.29) is 12.5 Å². The smallest absolute Gasteiger partial charge is 0.262 e. The number of ether oxygens (including phenoxy) is 1. The van der Waals surface area contributed by atoms with Gasteiger partial charge in [-0.1, -0.05) is 36.4 Å². The third kappa shape index (κ3) is 3.90. The van der Waals surface area contributed by atoms with Crippen molar-refractivity contribution in [1.29, 1.82) is 0 Å². The third-order valence-corrected chi connectivity index (χ3v) is 4.15. The van der Waals surface area contributed by atoms with Crippen LogP contribution in [-0.2, 0) is 4.79 Å². The van der Waals surface area contributed by atoms with E-state index in [0.717, 1.165) is 26.5 Å². The van der Waals surface area contributed by atoms with Crippen LogP contribution in [0.5, 0.6) is 5.75 Å². The van der Waals surface area contributed by atoms with Crippen LogP contribution in [0.25, 0.3) is 10.8 Å². The van der Waals surface area contributed by atoms with Crippen molar-refractivity contribution in [3.05, 3.63) is 70.7 Å². The fraction of sp³-hybridized carbons (Fsp3) is 0.105. The summed E-state index contributed by atoms with van der Waals surface area (Å²) in [4.78, 5) is 12.0. The molecule has 3 aromatic carbocycles. The highest BCUT2D eigenvalue weighted by atomic mass is 79.9. The Morgan fingerprint density at radius 2 is 1.83 bits per heavy atom. The zero-order chi connectivity index (χ0) is 16.2. The molecule has 3 aromatic rings. The number of carbonyl (C=O) groups excluding carboxylic acids is 1. The van der Waals surface area contributed by atoms with Crippen LogP contribution < -0.4 is 10.1 Å². The molecule has 23 heavy (non-hydrogen) atoms.